The molecule has 1 N–H and O–H groups in total. The second kappa shape index (κ2) is 8.12. The number of imidazole rings is 1. The number of hydrogen-bond donors (Lipinski definition) is 1. The summed E-state index contributed by atoms with van der Waals surface area (Å²) in [5.74, 6) is 0.965. The molecule has 0 saturated carbocycles. The molecule has 1 fully saturated rings. The Hall–Kier alpha value is -1.70. The summed E-state index contributed by atoms with van der Waals surface area (Å²) in [5.41, 5.74) is 0.966. The van der Waals surface area contributed by atoms with Crippen molar-refractivity contribution in [3.05, 3.63) is 54.1 Å². The van der Waals surface area contributed by atoms with E-state index in [1.165, 1.54) is 0 Å². The monoisotopic (exact) mass is 362 g/mol. The summed E-state index contributed by atoms with van der Waals surface area (Å²) in [4.78, 5) is 4.23. The van der Waals surface area contributed by atoms with Gasteiger partial charge in [-0.1, -0.05) is 36.8 Å². The molecule has 0 aliphatic carbocycles. The van der Waals surface area contributed by atoms with Crippen LogP contribution in [-0.4, -0.2) is 34.9 Å². The van der Waals surface area contributed by atoms with Crippen molar-refractivity contribution in [3.63, 3.8) is 0 Å². The van der Waals surface area contributed by atoms with Crippen molar-refractivity contribution < 1.29 is 8.42 Å². The Morgan fingerprint density at radius 2 is 2.04 bits per heavy atom. The zero-order valence-corrected chi connectivity index (χ0v) is 15.5. The smallest absolute Gasteiger partial charge is 0.280 e. The number of piperidine rings is 1. The molecule has 7 heteroatoms. The molecule has 1 atom stereocenters. The Bertz CT molecular complexity index is 773. The topological polar surface area (TPSA) is 67.2 Å². The van der Waals surface area contributed by atoms with Gasteiger partial charge in [0.1, 0.15) is 5.82 Å². The first kappa shape index (κ1) is 18.1. The average Bonchev–Trinajstić information content (AvgIpc) is 3.04. The van der Waals surface area contributed by atoms with Crippen LogP contribution in [0.1, 0.15) is 37.1 Å². The van der Waals surface area contributed by atoms with Crippen molar-refractivity contribution >= 4 is 10.2 Å². The minimum Gasteiger partial charge on any atom is -0.335 e. The number of rotatable bonds is 7. The molecule has 1 aliphatic heterocycles. The first-order valence-corrected chi connectivity index (χ1v) is 10.3. The molecule has 1 saturated heterocycles. The molecule has 136 valence electrons. The van der Waals surface area contributed by atoms with E-state index in [9.17, 15) is 8.42 Å². The number of aromatic nitrogens is 2. The van der Waals surface area contributed by atoms with Crippen LogP contribution in [0.5, 0.6) is 0 Å². The van der Waals surface area contributed by atoms with Gasteiger partial charge in [-0.3, -0.25) is 0 Å². The van der Waals surface area contributed by atoms with Gasteiger partial charge in [-0.2, -0.15) is 17.4 Å². The summed E-state index contributed by atoms with van der Waals surface area (Å²) in [6.07, 6.45) is 7.46. The highest BCUT2D eigenvalue weighted by Crippen LogP contribution is 2.23. The quantitative estimate of drug-likeness (QED) is 0.823. The number of aryl methyl sites for hydroxylation is 2. The molecule has 6 nitrogen and oxygen atoms in total. The lowest BCUT2D eigenvalue weighted by molar-refractivity contribution is 0.230. The van der Waals surface area contributed by atoms with E-state index in [-0.39, 0.29) is 6.04 Å². The van der Waals surface area contributed by atoms with Gasteiger partial charge in [0.25, 0.3) is 10.2 Å². The molecule has 2 aromatic rings. The summed E-state index contributed by atoms with van der Waals surface area (Å²) in [6, 6.07) is 9.66. The van der Waals surface area contributed by atoms with Crippen LogP contribution < -0.4 is 4.72 Å². The van der Waals surface area contributed by atoms with E-state index in [0.717, 1.165) is 43.6 Å². The summed E-state index contributed by atoms with van der Waals surface area (Å²) < 4.78 is 32.1. The van der Waals surface area contributed by atoms with Crippen molar-refractivity contribution in [3.8, 4) is 0 Å². The Balaban J connectivity index is 1.63. The molecule has 0 radical (unpaired) electrons. The Labute approximate surface area is 150 Å². The molecule has 1 unspecified atom stereocenters. The van der Waals surface area contributed by atoms with Crippen molar-refractivity contribution in [2.24, 2.45) is 0 Å². The molecular weight excluding hydrogens is 336 g/mol. The van der Waals surface area contributed by atoms with Crippen molar-refractivity contribution in [2.75, 3.05) is 6.54 Å². The third-order valence-corrected chi connectivity index (χ3v) is 6.42. The molecule has 25 heavy (non-hydrogen) atoms. The van der Waals surface area contributed by atoms with Gasteiger partial charge >= 0.3 is 0 Å². The standard InChI is InChI=1S/C18H26N4O2S/c1-16-19-11-14-21(16)13-10-18-9-5-6-12-22(18)25(23,24)20-15-17-7-3-2-4-8-17/h2-4,7-8,11,14,18,20H,5-6,9-10,12-13,15H2,1H3. The summed E-state index contributed by atoms with van der Waals surface area (Å²) in [7, 11) is -3.47. The van der Waals surface area contributed by atoms with Crippen LogP contribution in [0.4, 0.5) is 0 Å². The van der Waals surface area contributed by atoms with Crippen LogP contribution in [0.15, 0.2) is 42.7 Å². The molecule has 0 amide bonds. The minimum atomic E-state index is -3.47. The second-order valence-corrected chi connectivity index (χ2v) is 8.24. The lowest BCUT2D eigenvalue weighted by Crippen LogP contribution is -2.49. The largest absolute Gasteiger partial charge is 0.335 e. The molecule has 0 spiro atoms. The summed E-state index contributed by atoms with van der Waals surface area (Å²) in [5, 5.41) is 0. The van der Waals surface area contributed by atoms with Gasteiger partial charge in [0.2, 0.25) is 0 Å². The summed E-state index contributed by atoms with van der Waals surface area (Å²) >= 11 is 0. The third-order valence-electron chi connectivity index (χ3n) is 4.81. The Morgan fingerprint density at radius 1 is 1.24 bits per heavy atom. The van der Waals surface area contributed by atoms with Crippen molar-refractivity contribution in [1.29, 1.82) is 0 Å². The predicted octanol–water partition coefficient (Wildman–Crippen LogP) is 2.47. The van der Waals surface area contributed by atoms with E-state index in [4.69, 9.17) is 0 Å². The zero-order chi connectivity index (χ0) is 17.7. The van der Waals surface area contributed by atoms with Gasteiger partial charge in [0.15, 0.2) is 0 Å². The number of hydrogen-bond acceptors (Lipinski definition) is 3. The highest BCUT2D eigenvalue weighted by molar-refractivity contribution is 7.87. The average molecular weight is 362 g/mol. The van der Waals surface area contributed by atoms with E-state index < -0.39 is 10.2 Å². The van der Waals surface area contributed by atoms with Crippen LogP contribution >= 0.6 is 0 Å². The minimum absolute atomic E-state index is 0.0452. The van der Waals surface area contributed by atoms with Gasteiger partial charge in [0.05, 0.1) is 0 Å². The molecule has 1 aromatic carbocycles. The van der Waals surface area contributed by atoms with Gasteiger partial charge in [-0.25, -0.2) is 4.98 Å². The Morgan fingerprint density at radius 3 is 2.76 bits per heavy atom. The maximum Gasteiger partial charge on any atom is 0.280 e. The molecule has 1 aliphatic rings. The summed E-state index contributed by atoms with van der Waals surface area (Å²) in [6.45, 7) is 3.68. The highest BCUT2D eigenvalue weighted by atomic mass is 32.2. The van der Waals surface area contributed by atoms with Gasteiger partial charge in [-0.05, 0) is 31.7 Å². The van der Waals surface area contributed by atoms with Crippen LogP contribution in [0.2, 0.25) is 0 Å². The maximum absolute atomic E-state index is 12.8. The normalized spacial score (nSPS) is 19.2. The van der Waals surface area contributed by atoms with E-state index in [1.807, 2.05) is 43.5 Å². The SMILES string of the molecule is Cc1nccn1CCC1CCCCN1S(=O)(=O)NCc1ccccc1. The predicted molar refractivity (Wildman–Crippen MR) is 98.1 cm³/mol. The third kappa shape index (κ3) is 4.68. The number of nitrogens with one attached hydrogen (secondary N) is 1. The van der Waals surface area contributed by atoms with Gasteiger partial charge < -0.3 is 4.57 Å². The second-order valence-electron chi connectivity index (χ2n) is 6.53. The lowest BCUT2D eigenvalue weighted by Gasteiger charge is -2.34. The van der Waals surface area contributed by atoms with E-state index >= 15 is 0 Å². The van der Waals surface area contributed by atoms with Crippen molar-refractivity contribution in [2.45, 2.75) is 51.7 Å². The molecule has 0 bridgehead atoms. The van der Waals surface area contributed by atoms with Crippen molar-refractivity contribution in [1.82, 2.24) is 18.6 Å². The molecular formula is C18H26N4O2S. The zero-order valence-electron chi connectivity index (χ0n) is 14.6. The highest BCUT2D eigenvalue weighted by Gasteiger charge is 2.31. The fourth-order valence-electron chi connectivity index (χ4n) is 3.36. The molecule has 2 heterocycles. The fourth-order valence-corrected chi connectivity index (χ4v) is 4.85. The first-order valence-electron chi connectivity index (χ1n) is 8.84. The molecule has 1 aromatic heterocycles. The van der Waals surface area contributed by atoms with E-state index in [1.54, 1.807) is 10.5 Å². The van der Waals surface area contributed by atoms with Crippen LogP contribution in [0, 0.1) is 6.92 Å². The first-order chi connectivity index (χ1) is 12.1. The lowest BCUT2D eigenvalue weighted by atomic mass is 10.0. The van der Waals surface area contributed by atoms with E-state index in [2.05, 4.69) is 14.3 Å². The van der Waals surface area contributed by atoms with Crippen LogP contribution in [-0.2, 0) is 23.3 Å². The van der Waals surface area contributed by atoms with Gasteiger partial charge in [-0.15, -0.1) is 0 Å². The Kier molecular flexibility index (Phi) is 5.88. The molecule has 3 rings (SSSR count). The van der Waals surface area contributed by atoms with Gasteiger partial charge in [0, 0.05) is 38.1 Å². The maximum atomic E-state index is 12.8. The van der Waals surface area contributed by atoms with E-state index in [0.29, 0.717) is 13.1 Å². The fraction of sp³-hybridized carbons (Fsp3) is 0.500. The van der Waals surface area contributed by atoms with Crippen LogP contribution in [0.3, 0.4) is 0 Å². The van der Waals surface area contributed by atoms with Crippen LogP contribution in [0.25, 0.3) is 0 Å². The number of nitrogens with zero attached hydrogens (tertiary/aromatic N) is 3. The number of benzene rings is 1.